The molecule has 3 saturated carbocycles. The number of rotatable bonds is 7. The number of amides is 1. The third-order valence-corrected chi connectivity index (χ3v) is 7.44. The summed E-state index contributed by atoms with van der Waals surface area (Å²) in [5, 5.41) is 0. The first-order valence-electron chi connectivity index (χ1n) is 10.9. The minimum Gasteiger partial charge on any atom is -0.489 e. The van der Waals surface area contributed by atoms with Crippen LogP contribution in [0.25, 0.3) is 0 Å². The Kier molecular flexibility index (Phi) is 6.24. The summed E-state index contributed by atoms with van der Waals surface area (Å²) in [6, 6.07) is 7.81. The van der Waals surface area contributed by atoms with Crippen molar-refractivity contribution in [3.05, 3.63) is 41.7 Å². The summed E-state index contributed by atoms with van der Waals surface area (Å²) >= 11 is 0. The van der Waals surface area contributed by atoms with Gasteiger partial charge >= 0.3 is 6.36 Å². The van der Waals surface area contributed by atoms with E-state index in [0.29, 0.717) is 17.7 Å². The fraction of sp³-hybridized carbons (Fsp3) is 0.609. The number of nitrogens with two attached hydrogens (primary N) is 1. The molecule has 2 bridgehead atoms. The van der Waals surface area contributed by atoms with Crippen LogP contribution in [0.1, 0.15) is 44.1 Å². The van der Waals surface area contributed by atoms with E-state index in [1.54, 1.807) is 0 Å². The standard InChI is InChI=1S/C23H28F4N2O3/c24-11-16(12-28)15-31-18-3-1-17(2-4-18)21-5-8-22(9-6-21,10-7-21)20(30)29-13-19(14-29)32-23(25,26)27/h1-4,11,19H,5-10,12-15,28H2/b16-11+. The third-order valence-electron chi connectivity index (χ3n) is 7.44. The number of carbonyl (C=O) groups is 1. The van der Waals surface area contributed by atoms with E-state index in [0.717, 1.165) is 38.5 Å². The van der Waals surface area contributed by atoms with Crippen molar-refractivity contribution in [2.75, 3.05) is 26.2 Å². The van der Waals surface area contributed by atoms with Gasteiger partial charge in [0.1, 0.15) is 18.5 Å². The molecule has 0 aromatic heterocycles. The Labute approximate surface area is 184 Å². The van der Waals surface area contributed by atoms with Crippen LogP contribution in [-0.2, 0) is 14.9 Å². The van der Waals surface area contributed by atoms with E-state index in [1.807, 2.05) is 24.3 Å². The average Bonchev–Trinajstić information content (AvgIpc) is 2.77. The molecule has 5 rings (SSSR count). The summed E-state index contributed by atoms with van der Waals surface area (Å²) in [7, 11) is 0. The quantitative estimate of drug-likeness (QED) is 0.624. The maximum absolute atomic E-state index is 13.1. The molecule has 2 N–H and O–H groups in total. The van der Waals surface area contributed by atoms with Gasteiger partial charge < -0.3 is 15.4 Å². The normalized spacial score (nSPS) is 28.5. The molecule has 1 heterocycles. The highest BCUT2D eigenvalue weighted by atomic mass is 19.4. The number of likely N-dealkylation sites (tertiary alicyclic amines) is 1. The van der Waals surface area contributed by atoms with Crippen LogP contribution in [0.3, 0.4) is 0 Å². The summed E-state index contributed by atoms with van der Waals surface area (Å²) in [6.45, 7) is 0.228. The second kappa shape index (κ2) is 8.67. The van der Waals surface area contributed by atoms with E-state index in [-0.39, 0.29) is 37.6 Å². The Morgan fingerprint density at radius 2 is 1.69 bits per heavy atom. The predicted molar refractivity (Wildman–Crippen MR) is 110 cm³/mol. The molecule has 4 fully saturated rings. The summed E-state index contributed by atoms with van der Waals surface area (Å²) in [5.74, 6) is 0.621. The maximum atomic E-state index is 13.1. The van der Waals surface area contributed by atoms with E-state index >= 15 is 0 Å². The lowest BCUT2D eigenvalue weighted by Gasteiger charge is -2.55. The number of carbonyl (C=O) groups excluding carboxylic acids is 1. The monoisotopic (exact) mass is 456 g/mol. The molecular formula is C23H28F4N2O3. The molecule has 1 aliphatic heterocycles. The van der Waals surface area contributed by atoms with Gasteiger partial charge in [-0.15, -0.1) is 13.2 Å². The molecule has 1 amide bonds. The highest BCUT2D eigenvalue weighted by molar-refractivity contribution is 5.84. The number of benzene rings is 1. The Bertz CT molecular complexity index is 838. The van der Waals surface area contributed by atoms with Crippen LogP contribution in [0.15, 0.2) is 36.2 Å². The molecule has 176 valence electrons. The predicted octanol–water partition coefficient (Wildman–Crippen LogP) is 4.22. The van der Waals surface area contributed by atoms with E-state index in [9.17, 15) is 22.4 Å². The van der Waals surface area contributed by atoms with Gasteiger partial charge in [-0.1, -0.05) is 12.1 Å². The highest BCUT2D eigenvalue weighted by Gasteiger charge is 2.55. The largest absolute Gasteiger partial charge is 0.522 e. The number of fused-ring (bicyclic) bond motifs is 3. The Morgan fingerprint density at radius 1 is 1.09 bits per heavy atom. The fourth-order valence-electron chi connectivity index (χ4n) is 5.36. The number of halogens is 4. The van der Waals surface area contributed by atoms with Crippen molar-refractivity contribution in [1.29, 1.82) is 0 Å². The second-order valence-corrected chi connectivity index (χ2v) is 9.24. The molecule has 32 heavy (non-hydrogen) atoms. The topological polar surface area (TPSA) is 64.8 Å². The van der Waals surface area contributed by atoms with Crippen molar-refractivity contribution >= 4 is 5.91 Å². The Balaban J connectivity index is 1.33. The van der Waals surface area contributed by atoms with Gasteiger partial charge in [0.2, 0.25) is 5.91 Å². The average molecular weight is 456 g/mol. The van der Waals surface area contributed by atoms with Crippen molar-refractivity contribution < 1.29 is 31.8 Å². The number of nitrogens with zero attached hydrogens (tertiary/aromatic N) is 1. The van der Waals surface area contributed by atoms with Crippen molar-refractivity contribution in [2.45, 2.75) is 56.4 Å². The first-order chi connectivity index (χ1) is 15.2. The summed E-state index contributed by atoms with van der Waals surface area (Å²) in [5.41, 5.74) is 6.58. The lowest BCUT2D eigenvalue weighted by molar-refractivity contribution is -0.353. The number of ether oxygens (including phenoxy) is 2. The van der Waals surface area contributed by atoms with Gasteiger partial charge in [0.25, 0.3) is 0 Å². The molecule has 0 spiro atoms. The molecule has 3 aliphatic carbocycles. The minimum atomic E-state index is -4.66. The van der Waals surface area contributed by atoms with E-state index in [1.165, 1.54) is 10.5 Å². The molecule has 1 aromatic carbocycles. The first-order valence-corrected chi connectivity index (χ1v) is 10.9. The zero-order valence-electron chi connectivity index (χ0n) is 17.8. The number of hydrogen-bond donors (Lipinski definition) is 1. The molecule has 0 atom stereocenters. The van der Waals surface area contributed by atoms with Crippen molar-refractivity contribution in [1.82, 2.24) is 4.90 Å². The number of alkyl halides is 3. The smallest absolute Gasteiger partial charge is 0.489 e. The fourth-order valence-corrected chi connectivity index (χ4v) is 5.36. The molecule has 1 aromatic rings. The first kappa shape index (κ1) is 23.0. The molecule has 4 aliphatic rings. The lowest BCUT2D eigenvalue weighted by atomic mass is 9.51. The lowest BCUT2D eigenvalue weighted by Crippen LogP contribution is -2.61. The maximum Gasteiger partial charge on any atom is 0.522 e. The van der Waals surface area contributed by atoms with Gasteiger partial charge in [-0.25, -0.2) is 4.39 Å². The zero-order valence-corrected chi connectivity index (χ0v) is 17.8. The van der Waals surface area contributed by atoms with E-state index in [2.05, 4.69) is 4.74 Å². The third kappa shape index (κ3) is 4.50. The minimum absolute atomic E-state index is 0.0101. The molecular weight excluding hydrogens is 428 g/mol. The summed E-state index contributed by atoms with van der Waals surface area (Å²) < 4.78 is 59.2. The van der Waals surface area contributed by atoms with Crippen LogP contribution < -0.4 is 10.5 Å². The van der Waals surface area contributed by atoms with Gasteiger partial charge in [-0.2, -0.15) is 0 Å². The van der Waals surface area contributed by atoms with Gasteiger partial charge in [0, 0.05) is 30.6 Å². The van der Waals surface area contributed by atoms with E-state index < -0.39 is 17.9 Å². The van der Waals surface area contributed by atoms with Crippen LogP contribution in [0, 0.1) is 5.41 Å². The SMILES string of the molecule is NC/C(=C\F)COc1ccc(C23CCC(C(=O)N4CC(OC(F)(F)F)C4)(CC2)CC3)cc1. The van der Waals surface area contributed by atoms with Crippen molar-refractivity contribution in [3.8, 4) is 5.75 Å². The van der Waals surface area contributed by atoms with Crippen LogP contribution in [-0.4, -0.2) is 49.5 Å². The van der Waals surface area contributed by atoms with Crippen molar-refractivity contribution in [3.63, 3.8) is 0 Å². The summed E-state index contributed by atoms with van der Waals surface area (Å²) in [4.78, 5) is 14.6. The molecule has 0 unspecified atom stereocenters. The van der Waals surface area contributed by atoms with Crippen LogP contribution in [0.5, 0.6) is 5.75 Å². The molecule has 9 heteroatoms. The van der Waals surface area contributed by atoms with E-state index in [4.69, 9.17) is 10.5 Å². The zero-order chi connectivity index (χ0) is 23.0. The molecule has 1 saturated heterocycles. The van der Waals surface area contributed by atoms with Gasteiger partial charge in [-0.05, 0) is 61.6 Å². The van der Waals surface area contributed by atoms with Crippen LogP contribution in [0.4, 0.5) is 17.6 Å². The van der Waals surface area contributed by atoms with Gasteiger partial charge in [-0.3, -0.25) is 9.53 Å². The van der Waals surface area contributed by atoms with Gasteiger partial charge in [0.05, 0.1) is 6.33 Å². The van der Waals surface area contributed by atoms with Crippen LogP contribution in [0.2, 0.25) is 0 Å². The van der Waals surface area contributed by atoms with Crippen LogP contribution >= 0.6 is 0 Å². The second-order valence-electron chi connectivity index (χ2n) is 9.24. The Morgan fingerprint density at radius 3 is 2.19 bits per heavy atom. The number of hydrogen-bond acceptors (Lipinski definition) is 4. The van der Waals surface area contributed by atoms with Crippen molar-refractivity contribution in [2.24, 2.45) is 11.1 Å². The van der Waals surface area contributed by atoms with Gasteiger partial charge in [0.15, 0.2) is 0 Å². The molecule has 0 radical (unpaired) electrons. The molecule has 5 nitrogen and oxygen atoms in total. The highest BCUT2D eigenvalue weighted by Crippen LogP contribution is 2.58. The summed E-state index contributed by atoms with van der Waals surface area (Å²) in [6.07, 6.45) is -0.306. The Hall–Kier alpha value is -2.13.